The Morgan fingerprint density at radius 1 is 1.33 bits per heavy atom. The average molecular weight is 305 g/mol. The molecule has 1 aromatic carbocycles. The first-order valence-corrected chi connectivity index (χ1v) is 7.04. The number of hydrogen-bond acceptors (Lipinski definition) is 3. The van der Waals surface area contributed by atoms with Gasteiger partial charge in [0, 0.05) is 11.8 Å². The maximum absolute atomic E-state index is 12.0. The summed E-state index contributed by atoms with van der Waals surface area (Å²) in [5.74, 6) is 0.591. The summed E-state index contributed by atoms with van der Waals surface area (Å²) in [4.78, 5) is 15.9. The Labute approximate surface area is 129 Å². The van der Waals surface area contributed by atoms with Crippen molar-refractivity contribution in [2.24, 2.45) is 0 Å². The Hall–Kier alpha value is -2.07. The summed E-state index contributed by atoms with van der Waals surface area (Å²) in [6.07, 6.45) is 1.50. The van der Waals surface area contributed by atoms with Crippen molar-refractivity contribution < 1.29 is 9.53 Å². The smallest absolute Gasteiger partial charge is 0.251 e. The molecule has 0 aliphatic heterocycles. The molecule has 110 valence electrons. The van der Waals surface area contributed by atoms with Gasteiger partial charge in [0.1, 0.15) is 17.5 Å². The first-order valence-electron chi connectivity index (χ1n) is 6.66. The molecule has 0 bridgehead atoms. The number of rotatable bonds is 5. The van der Waals surface area contributed by atoms with Crippen LogP contribution < -0.4 is 10.1 Å². The molecule has 2 rings (SSSR count). The highest BCUT2D eigenvalue weighted by Gasteiger charge is 2.11. The molecule has 1 N–H and O–H groups in total. The quantitative estimate of drug-likeness (QED) is 0.863. The van der Waals surface area contributed by atoms with Gasteiger partial charge in [0.05, 0.1) is 6.04 Å². The molecule has 0 aliphatic rings. The van der Waals surface area contributed by atoms with Crippen LogP contribution in [0.5, 0.6) is 5.75 Å². The minimum absolute atomic E-state index is 0.120. The number of nitrogens with one attached hydrogen (secondary N) is 1. The third-order valence-corrected chi connectivity index (χ3v) is 3.09. The molecule has 21 heavy (non-hydrogen) atoms. The normalized spacial score (nSPS) is 11.8. The molecule has 1 heterocycles. The molecule has 0 saturated carbocycles. The lowest BCUT2D eigenvalue weighted by atomic mass is 10.2. The van der Waals surface area contributed by atoms with Crippen molar-refractivity contribution in [1.29, 1.82) is 0 Å². The van der Waals surface area contributed by atoms with E-state index in [-0.39, 0.29) is 11.9 Å². The summed E-state index contributed by atoms with van der Waals surface area (Å²) < 4.78 is 5.63. The van der Waals surface area contributed by atoms with Crippen molar-refractivity contribution in [1.82, 2.24) is 10.3 Å². The van der Waals surface area contributed by atoms with Gasteiger partial charge in [-0.2, -0.15) is 0 Å². The van der Waals surface area contributed by atoms with Crippen LogP contribution in [-0.2, 0) is 0 Å². The highest BCUT2D eigenvalue weighted by atomic mass is 35.5. The van der Waals surface area contributed by atoms with Crippen LogP contribution in [0.15, 0.2) is 42.6 Å². The maximum atomic E-state index is 12.0. The molecule has 1 aromatic heterocycles. The number of benzene rings is 1. The minimum atomic E-state index is -0.195. The van der Waals surface area contributed by atoms with E-state index in [1.165, 1.54) is 17.8 Å². The summed E-state index contributed by atoms with van der Waals surface area (Å²) in [7, 11) is 0. The fraction of sp³-hybridized carbons (Fsp3) is 0.250. The molecule has 0 saturated heterocycles. The van der Waals surface area contributed by atoms with Crippen LogP contribution >= 0.6 is 11.6 Å². The molecule has 4 nitrogen and oxygen atoms in total. The predicted octanol–water partition coefficient (Wildman–Crippen LogP) is 3.24. The summed E-state index contributed by atoms with van der Waals surface area (Å²) in [6.45, 7) is 4.30. The number of aryl methyl sites for hydroxylation is 1. The lowest BCUT2D eigenvalue weighted by Crippen LogP contribution is -2.36. The Bertz CT molecular complexity index is 614. The van der Waals surface area contributed by atoms with Gasteiger partial charge in [0.25, 0.3) is 5.91 Å². The van der Waals surface area contributed by atoms with Gasteiger partial charge in [-0.05, 0) is 38.1 Å². The number of halogens is 1. The van der Waals surface area contributed by atoms with Crippen LogP contribution in [0.4, 0.5) is 0 Å². The Morgan fingerprint density at radius 3 is 2.71 bits per heavy atom. The number of pyridine rings is 1. The minimum Gasteiger partial charge on any atom is -0.491 e. The number of carbonyl (C=O) groups excluding carboxylic acids is 1. The van der Waals surface area contributed by atoms with E-state index in [4.69, 9.17) is 16.3 Å². The monoisotopic (exact) mass is 304 g/mol. The van der Waals surface area contributed by atoms with E-state index >= 15 is 0 Å². The summed E-state index contributed by atoms with van der Waals surface area (Å²) in [5.41, 5.74) is 1.66. The van der Waals surface area contributed by atoms with E-state index in [9.17, 15) is 4.79 Å². The number of amides is 1. The fourth-order valence-corrected chi connectivity index (χ4v) is 1.92. The van der Waals surface area contributed by atoms with Gasteiger partial charge >= 0.3 is 0 Å². The van der Waals surface area contributed by atoms with Gasteiger partial charge in [-0.3, -0.25) is 4.79 Å². The Kier molecular flexibility index (Phi) is 5.17. The van der Waals surface area contributed by atoms with Crippen molar-refractivity contribution in [3.8, 4) is 5.75 Å². The van der Waals surface area contributed by atoms with Crippen LogP contribution in [0.2, 0.25) is 5.15 Å². The van der Waals surface area contributed by atoms with Crippen molar-refractivity contribution in [3.63, 3.8) is 0 Å². The van der Waals surface area contributed by atoms with E-state index < -0.39 is 0 Å². The largest absolute Gasteiger partial charge is 0.491 e. The summed E-state index contributed by atoms with van der Waals surface area (Å²) in [5, 5.41) is 3.15. The molecule has 1 unspecified atom stereocenters. The van der Waals surface area contributed by atoms with E-state index in [1.807, 2.05) is 38.1 Å². The molecule has 0 fully saturated rings. The third-order valence-electron chi connectivity index (χ3n) is 2.89. The van der Waals surface area contributed by atoms with E-state index in [0.29, 0.717) is 17.3 Å². The van der Waals surface area contributed by atoms with Crippen molar-refractivity contribution >= 4 is 17.5 Å². The molecule has 0 spiro atoms. The van der Waals surface area contributed by atoms with Crippen molar-refractivity contribution in [2.45, 2.75) is 19.9 Å². The molecule has 1 amide bonds. The third kappa shape index (κ3) is 4.76. The molecule has 0 aliphatic carbocycles. The molecule has 5 heteroatoms. The second-order valence-electron chi connectivity index (χ2n) is 4.87. The average Bonchev–Trinajstić information content (AvgIpc) is 2.46. The number of hydrogen-bond donors (Lipinski definition) is 1. The van der Waals surface area contributed by atoms with Crippen LogP contribution in [0, 0.1) is 6.92 Å². The number of carbonyl (C=O) groups is 1. The van der Waals surface area contributed by atoms with Gasteiger partial charge in [-0.1, -0.05) is 29.3 Å². The SMILES string of the molecule is Cc1ccc(OCC(C)NC(=O)c2ccnc(Cl)c2)cc1. The molecule has 2 aromatic rings. The van der Waals surface area contributed by atoms with Crippen molar-refractivity contribution in [2.75, 3.05) is 6.61 Å². The van der Waals surface area contributed by atoms with Gasteiger partial charge in [0.15, 0.2) is 0 Å². The van der Waals surface area contributed by atoms with Gasteiger partial charge in [0.2, 0.25) is 0 Å². The Morgan fingerprint density at radius 2 is 2.05 bits per heavy atom. The lowest BCUT2D eigenvalue weighted by molar-refractivity contribution is 0.0926. The zero-order valence-electron chi connectivity index (χ0n) is 12.0. The van der Waals surface area contributed by atoms with Crippen LogP contribution in [0.1, 0.15) is 22.8 Å². The number of nitrogens with zero attached hydrogens (tertiary/aromatic N) is 1. The van der Waals surface area contributed by atoms with Crippen LogP contribution in [-0.4, -0.2) is 23.5 Å². The van der Waals surface area contributed by atoms with E-state index in [1.54, 1.807) is 6.07 Å². The van der Waals surface area contributed by atoms with Gasteiger partial charge in [-0.15, -0.1) is 0 Å². The van der Waals surface area contributed by atoms with Gasteiger partial charge < -0.3 is 10.1 Å². The first-order chi connectivity index (χ1) is 10.0. The van der Waals surface area contributed by atoms with Gasteiger partial charge in [-0.25, -0.2) is 4.98 Å². The second-order valence-corrected chi connectivity index (χ2v) is 5.25. The molecule has 0 radical (unpaired) electrons. The molecular formula is C16H17ClN2O2. The lowest BCUT2D eigenvalue weighted by Gasteiger charge is -2.15. The zero-order valence-corrected chi connectivity index (χ0v) is 12.7. The molecular weight excluding hydrogens is 288 g/mol. The maximum Gasteiger partial charge on any atom is 0.251 e. The zero-order chi connectivity index (χ0) is 15.2. The second kappa shape index (κ2) is 7.09. The Balaban J connectivity index is 1.85. The number of ether oxygens (including phenoxy) is 1. The van der Waals surface area contributed by atoms with E-state index in [2.05, 4.69) is 10.3 Å². The summed E-state index contributed by atoms with van der Waals surface area (Å²) in [6, 6.07) is 10.8. The van der Waals surface area contributed by atoms with Crippen LogP contribution in [0.25, 0.3) is 0 Å². The predicted molar refractivity (Wildman–Crippen MR) is 82.8 cm³/mol. The first kappa shape index (κ1) is 15.3. The molecule has 1 atom stereocenters. The summed E-state index contributed by atoms with van der Waals surface area (Å²) >= 11 is 5.76. The standard InChI is InChI=1S/C16H17ClN2O2/c1-11-3-5-14(6-4-11)21-10-12(2)19-16(20)13-7-8-18-15(17)9-13/h3-9,12H,10H2,1-2H3,(H,19,20). The fourth-order valence-electron chi connectivity index (χ4n) is 1.75. The van der Waals surface area contributed by atoms with E-state index in [0.717, 1.165) is 5.75 Å². The van der Waals surface area contributed by atoms with Crippen LogP contribution in [0.3, 0.4) is 0 Å². The highest BCUT2D eigenvalue weighted by molar-refractivity contribution is 6.29. The number of aromatic nitrogens is 1. The van der Waals surface area contributed by atoms with Crippen molar-refractivity contribution in [3.05, 3.63) is 58.9 Å². The highest BCUT2D eigenvalue weighted by Crippen LogP contribution is 2.12. The topological polar surface area (TPSA) is 51.2 Å².